The largest absolute Gasteiger partial charge is 0.480 e. The lowest BCUT2D eigenvalue weighted by Gasteiger charge is -2.22. The van der Waals surface area contributed by atoms with Crippen LogP contribution in [0.15, 0.2) is 0 Å². The summed E-state index contributed by atoms with van der Waals surface area (Å²) >= 11 is 0. The normalized spacial score (nSPS) is 13.3. The van der Waals surface area contributed by atoms with Crippen molar-refractivity contribution in [2.75, 3.05) is 6.54 Å². The third-order valence-corrected chi connectivity index (χ3v) is 2.75. The van der Waals surface area contributed by atoms with Gasteiger partial charge in [-0.2, -0.15) is 0 Å². The molecule has 3 amide bonds. The first-order chi connectivity index (χ1) is 9.68. The van der Waals surface area contributed by atoms with Crippen molar-refractivity contribution in [1.82, 2.24) is 10.6 Å². The molecule has 0 aliphatic heterocycles. The van der Waals surface area contributed by atoms with Crippen LogP contribution < -0.4 is 22.1 Å². The summed E-state index contributed by atoms with van der Waals surface area (Å²) < 4.78 is 0. The van der Waals surface area contributed by atoms with Gasteiger partial charge in [-0.05, 0) is 12.3 Å². The Morgan fingerprint density at radius 3 is 2.10 bits per heavy atom. The highest BCUT2D eigenvalue weighted by atomic mass is 16.4. The molecule has 7 N–H and O–H groups in total. The van der Waals surface area contributed by atoms with Gasteiger partial charge in [-0.15, -0.1) is 0 Å². The number of carboxylic acids is 1. The number of hydrogen-bond donors (Lipinski definition) is 5. The predicted octanol–water partition coefficient (Wildman–Crippen LogP) is -2.08. The van der Waals surface area contributed by atoms with E-state index < -0.39 is 35.8 Å². The number of hydrogen-bond acceptors (Lipinski definition) is 5. The van der Waals surface area contributed by atoms with Crippen LogP contribution in [0.3, 0.4) is 0 Å². The standard InChI is InChI=1S/C12H22N4O5/c1-6(2)10(12(20)21)16-11(19)7(3-4-8(14)17)15-9(18)5-13/h6-7,10H,3-5,13H2,1-2H3,(H2,14,17)(H,15,18)(H,16,19)(H,20,21). The number of carboxylic acid groups (broad SMARTS) is 1. The monoisotopic (exact) mass is 302 g/mol. The second-order valence-electron chi connectivity index (χ2n) is 4.90. The zero-order valence-corrected chi connectivity index (χ0v) is 12.1. The number of carbonyl (C=O) groups is 4. The molecule has 2 atom stereocenters. The van der Waals surface area contributed by atoms with E-state index in [1.165, 1.54) is 0 Å². The van der Waals surface area contributed by atoms with Crippen molar-refractivity contribution < 1.29 is 24.3 Å². The molecule has 0 aromatic rings. The summed E-state index contributed by atoms with van der Waals surface area (Å²) in [5.41, 5.74) is 10.1. The van der Waals surface area contributed by atoms with Gasteiger partial charge in [0.2, 0.25) is 17.7 Å². The van der Waals surface area contributed by atoms with Crippen LogP contribution in [0.25, 0.3) is 0 Å². The minimum Gasteiger partial charge on any atom is -0.480 e. The highest BCUT2D eigenvalue weighted by Gasteiger charge is 2.28. The van der Waals surface area contributed by atoms with Gasteiger partial charge in [0.25, 0.3) is 0 Å². The minimum atomic E-state index is -1.18. The van der Waals surface area contributed by atoms with Crippen molar-refractivity contribution in [1.29, 1.82) is 0 Å². The molecule has 0 fully saturated rings. The maximum absolute atomic E-state index is 12.0. The van der Waals surface area contributed by atoms with Crippen LogP contribution in [0.2, 0.25) is 0 Å². The smallest absolute Gasteiger partial charge is 0.326 e. The second-order valence-corrected chi connectivity index (χ2v) is 4.90. The van der Waals surface area contributed by atoms with Crippen molar-refractivity contribution in [2.45, 2.75) is 38.8 Å². The molecule has 0 saturated heterocycles. The lowest BCUT2D eigenvalue weighted by Crippen LogP contribution is -2.54. The van der Waals surface area contributed by atoms with E-state index in [4.69, 9.17) is 16.6 Å². The molecular weight excluding hydrogens is 280 g/mol. The molecule has 2 unspecified atom stereocenters. The fourth-order valence-corrected chi connectivity index (χ4v) is 1.58. The van der Waals surface area contributed by atoms with E-state index in [0.717, 1.165) is 0 Å². The highest BCUT2D eigenvalue weighted by molar-refractivity contribution is 5.91. The van der Waals surface area contributed by atoms with Gasteiger partial charge in [-0.3, -0.25) is 14.4 Å². The predicted molar refractivity (Wildman–Crippen MR) is 73.8 cm³/mol. The number of amides is 3. The van der Waals surface area contributed by atoms with Gasteiger partial charge in [0, 0.05) is 6.42 Å². The lowest BCUT2D eigenvalue weighted by atomic mass is 10.0. The van der Waals surface area contributed by atoms with Gasteiger partial charge in [0.1, 0.15) is 12.1 Å². The van der Waals surface area contributed by atoms with E-state index in [9.17, 15) is 19.2 Å². The highest BCUT2D eigenvalue weighted by Crippen LogP contribution is 2.04. The minimum absolute atomic E-state index is 0.0304. The zero-order valence-electron chi connectivity index (χ0n) is 12.1. The first kappa shape index (κ1) is 18.8. The Kier molecular flexibility index (Phi) is 7.99. The average Bonchev–Trinajstić information content (AvgIpc) is 2.38. The van der Waals surface area contributed by atoms with Crippen LogP contribution in [0.4, 0.5) is 0 Å². The Hall–Kier alpha value is -2.16. The molecule has 0 aromatic carbocycles. The number of aliphatic carboxylic acids is 1. The van der Waals surface area contributed by atoms with Crippen LogP contribution in [-0.2, 0) is 19.2 Å². The van der Waals surface area contributed by atoms with E-state index in [1.807, 2.05) is 0 Å². The summed E-state index contributed by atoms with van der Waals surface area (Å²) in [5, 5.41) is 13.7. The van der Waals surface area contributed by atoms with Gasteiger partial charge in [0.05, 0.1) is 6.54 Å². The molecule has 0 radical (unpaired) electrons. The number of carbonyl (C=O) groups excluding carboxylic acids is 3. The molecule has 0 aliphatic carbocycles. The fraction of sp³-hybridized carbons (Fsp3) is 0.667. The molecular formula is C12H22N4O5. The van der Waals surface area contributed by atoms with E-state index in [0.29, 0.717) is 0 Å². The van der Waals surface area contributed by atoms with Crippen LogP contribution in [0.5, 0.6) is 0 Å². The Morgan fingerprint density at radius 1 is 1.14 bits per heavy atom. The first-order valence-corrected chi connectivity index (χ1v) is 6.50. The van der Waals surface area contributed by atoms with Crippen LogP contribution >= 0.6 is 0 Å². The number of nitrogens with two attached hydrogens (primary N) is 2. The number of rotatable bonds is 9. The maximum atomic E-state index is 12.0. The quantitative estimate of drug-likeness (QED) is 0.328. The molecule has 0 spiro atoms. The maximum Gasteiger partial charge on any atom is 0.326 e. The molecule has 9 nitrogen and oxygen atoms in total. The average molecular weight is 302 g/mol. The molecule has 0 aliphatic rings. The van der Waals surface area contributed by atoms with Crippen LogP contribution in [0.1, 0.15) is 26.7 Å². The van der Waals surface area contributed by atoms with Crippen molar-refractivity contribution in [3.63, 3.8) is 0 Å². The van der Waals surface area contributed by atoms with E-state index >= 15 is 0 Å². The number of nitrogens with one attached hydrogen (secondary N) is 2. The molecule has 0 aromatic heterocycles. The Labute approximate surface area is 122 Å². The van der Waals surface area contributed by atoms with Gasteiger partial charge >= 0.3 is 5.97 Å². The van der Waals surface area contributed by atoms with Gasteiger partial charge in [0.15, 0.2) is 0 Å². The first-order valence-electron chi connectivity index (χ1n) is 6.50. The van der Waals surface area contributed by atoms with Gasteiger partial charge in [-0.1, -0.05) is 13.8 Å². The van der Waals surface area contributed by atoms with E-state index in [1.54, 1.807) is 13.8 Å². The molecule has 0 saturated carbocycles. The van der Waals surface area contributed by atoms with Crippen molar-refractivity contribution in [3.05, 3.63) is 0 Å². The topological polar surface area (TPSA) is 165 Å². The van der Waals surface area contributed by atoms with Crippen LogP contribution in [-0.4, -0.2) is 47.4 Å². The summed E-state index contributed by atoms with van der Waals surface area (Å²) in [6, 6.07) is -2.16. The molecule has 0 heterocycles. The second kappa shape index (κ2) is 8.90. The summed E-state index contributed by atoms with van der Waals surface area (Å²) in [6.45, 7) is 2.94. The summed E-state index contributed by atoms with van der Waals surface area (Å²) in [4.78, 5) is 45.1. The van der Waals surface area contributed by atoms with Gasteiger partial charge < -0.3 is 27.2 Å². The van der Waals surface area contributed by atoms with E-state index in [-0.39, 0.29) is 25.3 Å². The lowest BCUT2D eigenvalue weighted by molar-refractivity contribution is -0.143. The van der Waals surface area contributed by atoms with Crippen LogP contribution in [0, 0.1) is 5.92 Å². The Morgan fingerprint density at radius 2 is 1.71 bits per heavy atom. The SMILES string of the molecule is CC(C)C(NC(=O)C(CCC(N)=O)NC(=O)CN)C(=O)O. The third kappa shape index (κ3) is 7.25. The molecule has 9 heteroatoms. The summed E-state index contributed by atoms with van der Waals surface area (Å²) in [7, 11) is 0. The van der Waals surface area contributed by atoms with Crippen molar-refractivity contribution in [2.24, 2.45) is 17.4 Å². The third-order valence-electron chi connectivity index (χ3n) is 2.75. The molecule has 0 bridgehead atoms. The van der Waals surface area contributed by atoms with E-state index in [2.05, 4.69) is 10.6 Å². The molecule has 0 rings (SSSR count). The number of primary amides is 1. The Bertz CT molecular complexity index is 410. The Balaban J connectivity index is 4.86. The molecule has 120 valence electrons. The van der Waals surface area contributed by atoms with Crippen molar-refractivity contribution >= 4 is 23.7 Å². The van der Waals surface area contributed by atoms with Gasteiger partial charge in [-0.25, -0.2) is 4.79 Å². The van der Waals surface area contributed by atoms with Crippen molar-refractivity contribution in [3.8, 4) is 0 Å². The summed E-state index contributed by atoms with van der Waals surface area (Å²) in [5.74, 6) is -3.44. The zero-order chi connectivity index (χ0) is 16.6. The summed E-state index contributed by atoms with van der Waals surface area (Å²) in [6.07, 6.45) is -0.153. The molecule has 21 heavy (non-hydrogen) atoms. The fourth-order valence-electron chi connectivity index (χ4n) is 1.58.